The van der Waals surface area contributed by atoms with Crippen molar-refractivity contribution in [1.29, 1.82) is 0 Å². The average molecular weight is 155 g/mol. The van der Waals surface area contributed by atoms with E-state index in [1.807, 2.05) is 0 Å². The molecule has 3 heteroatoms. The number of carbonyl (C=O) groups excluding carboxylic acids is 1. The van der Waals surface area contributed by atoms with E-state index >= 15 is 0 Å². The van der Waals surface area contributed by atoms with Crippen LogP contribution in [0.3, 0.4) is 0 Å². The average Bonchev–Trinajstić information content (AvgIpc) is 2.52. The molecule has 0 aromatic rings. The standard InChI is InChI=1S/C8H13NO2/c10-6-8(11)4-3-7-2-1-5-9-7/h10H,1-6H2. The molecule has 62 valence electrons. The highest BCUT2D eigenvalue weighted by Gasteiger charge is 2.07. The van der Waals surface area contributed by atoms with Gasteiger partial charge in [-0.25, -0.2) is 0 Å². The number of aliphatic hydroxyl groups excluding tert-OH is 1. The molecule has 0 saturated heterocycles. The van der Waals surface area contributed by atoms with Gasteiger partial charge in [-0.1, -0.05) is 0 Å². The Kier molecular flexibility index (Phi) is 3.23. The summed E-state index contributed by atoms with van der Waals surface area (Å²) in [5.74, 6) is -0.0837. The first-order valence-electron chi connectivity index (χ1n) is 3.97. The first kappa shape index (κ1) is 8.40. The summed E-state index contributed by atoms with van der Waals surface area (Å²) in [6, 6.07) is 0. The van der Waals surface area contributed by atoms with E-state index in [1.165, 1.54) is 0 Å². The SMILES string of the molecule is O=C(CO)CCC1=NCCC1. The van der Waals surface area contributed by atoms with Crippen molar-refractivity contribution < 1.29 is 9.90 Å². The molecule has 0 aromatic heterocycles. The van der Waals surface area contributed by atoms with Crippen LogP contribution in [0.5, 0.6) is 0 Å². The Bertz CT molecular complexity index is 175. The van der Waals surface area contributed by atoms with Crippen molar-refractivity contribution in [3.05, 3.63) is 0 Å². The molecule has 3 nitrogen and oxygen atoms in total. The van der Waals surface area contributed by atoms with E-state index in [-0.39, 0.29) is 12.4 Å². The van der Waals surface area contributed by atoms with Crippen LogP contribution in [0.15, 0.2) is 4.99 Å². The molecule has 1 aliphatic rings. The minimum Gasteiger partial charge on any atom is -0.389 e. The minimum absolute atomic E-state index is 0.0837. The molecule has 0 amide bonds. The van der Waals surface area contributed by atoms with Gasteiger partial charge in [0, 0.05) is 18.7 Å². The lowest BCUT2D eigenvalue weighted by Gasteiger charge is -1.96. The largest absolute Gasteiger partial charge is 0.389 e. The Balaban J connectivity index is 2.16. The third kappa shape index (κ3) is 2.80. The first-order chi connectivity index (χ1) is 5.33. The topological polar surface area (TPSA) is 49.7 Å². The van der Waals surface area contributed by atoms with E-state index in [2.05, 4.69) is 4.99 Å². The maximum atomic E-state index is 10.7. The van der Waals surface area contributed by atoms with Crippen molar-refractivity contribution in [3.63, 3.8) is 0 Å². The summed E-state index contributed by atoms with van der Waals surface area (Å²) in [6.07, 6.45) is 3.37. The molecule has 1 rings (SSSR count). The fraction of sp³-hybridized carbons (Fsp3) is 0.750. The van der Waals surface area contributed by atoms with Crippen molar-refractivity contribution in [2.75, 3.05) is 13.2 Å². The van der Waals surface area contributed by atoms with Crippen molar-refractivity contribution >= 4 is 11.5 Å². The minimum atomic E-state index is -0.326. The number of carbonyl (C=O) groups is 1. The zero-order valence-electron chi connectivity index (χ0n) is 6.55. The molecular formula is C8H13NO2. The number of nitrogens with zero attached hydrogens (tertiary/aromatic N) is 1. The van der Waals surface area contributed by atoms with Crippen LogP contribution in [0.2, 0.25) is 0 Å². The summed E-state index contributed by atoms with van der Waals surface area (Å²) in [4.78, 5) is 14.9. The molecule has 1 heterocycles. The second kappa shape index (κ2) is 4.23. The molecule has 0 unspecified atom stereocenters. The smallest absolute Gasteiger partial charge is 0.158 e. The molecule has 1 N–H and O–H groups in total. The van der Waals surface area contributed by atoms with Crippen LogP contribution in [-0.2, 0) is 4.79 Å². The molecule has 0 radical (unpaired) electrons. The van der Waals surface area contributed by atoms with Crippen LogP contribution in [0.4, 0.5) is 0 Å². The molecular weight excluding hydrogens is 142 g/mol. The Morgan fingerprint density at radius 3 is 3.00 bits per heavy atom. The predicted molar refractivity (Wildman–Crippen MR) is 42.9 cm³/mol. The van der Waals surface area contributed by atoms with Crippen LogP contribution in [0.25, 0.3) is 0 Å². The fourth-order valence-electron chi connectivity index (χ4n) is 1.17. The number of Topliss-reactive ketones (excluding diaryl/α,β-unsaturated/α-hetero) is 1. The van der Waals surface area contributed by atoms with E-state index < -0.39 is 0 Å². The number of rotatable bonds is 4. The van der Waals surface area contributed by atoms with Crippen molar-refractivity contribution in [1.82, 2.24) is 0 Å². The Morgan fingerprint density at radius 2 is 2.45 bits per heavy atom. The van der Waals surface area contributed by atoms with Gasteiger partial charge in [0.1, 0.15) is 6.61 Å². The summed E-state index contributed by atoms with van der Waals surface area (Å²) in [7, 11) is 0. The van der Waals surface area contributed by atoms with Gasteiger partial charge in [0.05, 0.1) is 0 Å². The first-order valence-corrected chi connectivity index (χ1v) is 3.97. The van der Waals surface area contributed by atoms with Crippen LogP contribution in [0.1, 0.15) is 25.7 Å². The highest BCUT2D eigenvalue weighted by molar-refractivity contribution is 5.90. The second-order valence-electron chi connectivity index (χ2n) is 2.75. The lowest BCUT2D eigenvalue weighted by Crippen LogP contribution is -2.06. The number of aliphatic imine (C=N–C) groups is 1. The summed E-state index contributed by atoms with van der Waals surface area (Å²) in [5, 5.41) is 8.42. The van der Waals surface area contributed by atoms with Gasteiger partial charge in [-0.3, -0.25) is 9.79 Å². The van der Waals surface area contributed by atoms with E-state index in [0.29, 0.717) is 6.42 Å². The number of hydrogen-bond donors (Lipinski definition) is 1. The van der Waals surface area contributed by atoms with E-state index in [9.17, 15) is 4.79 Å². The highest BCUT2D eigenvalue weighted by Crippen LogP contribution is 2.08. The van der Waals surface area contributed by atoms with E-state index in [1.54, 1.807) is 0 Å². The normalized spacial score (nSPS) is 16.6. The van der Waals surface area contributed by atoms with Crippen molar-refractivity contribution in [2.24, 2.45) is 4.99 Å². The fourth-order valence-corrected chi connectivity index (χ4v) is 1.17. The van der Waals surface area contributed by atoms with Crippen molar-refractivity contribution in [3.8, 4) is 0 Å². The molecule has 0 spiro atoms. The summed E-state index contributed by atoms with van der Waals surface area (Å²) < 4.78 is 0. The number of aliphatic hydroxyl groups is 1. The zero-order valence-corrected chi connectivity index (χ0v) is 6.55. The van der Waals surface area contributed by atoms with Crippen LogP contribution >= 0.6 is 0 Å². The van der Waals surface area contributed by atoms with Gasteiger partial charge in [-0.15, -0.1) is 0 Å². The van der Waals surface area contributed by atoms with Crippen LogP contribution in [-0.4, -0.2) is 29.8 Å². The molecule has 1 aliphatic heterocycles. The highest BCUT2D eigenvalue weighted by atomic mass is 16.3. The van der Waals surface area contributed by atoms with Gasteiger partial charge in [0.25, 0.3) is 0 Å². The van der Waals surface area contributed by atoms with Crippen LogP contribution < -0.4 is 0 Å². The quantitative estimate of drug-likeness (QED) is 0.645. The summed E-state index contributed by atoms with van der Waals surface area (Å²) in [5.41, 5.74) is 1.15. The second-order valence-corrected chi connectivity index (χ2v) is 2.75. The molecule has 0 atom stereocenters. The van der Waals surface area contributed by atoms with Gasteiger partial charge in [-0.2, -0.15) is 0 Å². The third-order valence-electron chi connectivity index (χ3n) is 1.83. The lowest BCUT2D eigenvalue weighted by molar-refractivity contribution is -0.121. The monoisotopic (exact) mass is 155 g/mol. The van der Waals surface area contributed by atoms with Gasteiger partial charge < -0.3 is 5.11 Å². The van der Waals surface area contributed by atoms with Gasteiger partial charge in [0.2, 0.25) is 0 Å². The zero-order chi connectivity index (χ0) is 8.10. The Labute approximate surface area is 66.1 Å². The third-order valence-corrected chi connectivity index (χ3v) is 1.83. The maximum absolute atomic E-state index is 10.7. The Hall–Kier alpha value is -0.700. The summed E-state index contributed by atoms with van der Waals surface area (Å²) >= 11 is 0. The van der Waals surface area contributed by atoms with Gasteiger partial charge in [-0.05, 0) is 19.3 Å². The van der Waals surface area contributed by atoms with Crippen molar-refractivity contribution in [2.45, 2.75) is 25.7 Å². The molecule has 0 fully saturated rings. The molecule has 0 aromatic carbocycles. The number of hydrogen-bond acceptors (Lipinski definition) is 3. The molecule has 0 aliphatic carbocycles. The van der Waals surface area contributed by atoms with E-state index in [4.69, 9.17) is 5.11 Å². The molecule has 0 bridgehead atoms. The van der Waals surface area contributed by atoms with E-state index in [0.717, 1.165) is 31.5 Å². The molecule has 0 saturated carbocycles. The Morgan fingerprint density at radius 1 is 1.64 bits per heavy atom. The predicted octanol–water partition coefficient (Wildman–Crippen LogP) is 0.563. The lowest BCUT2D eigenvalue weighted by atomic mass is 10.1. The molecule has 11 heavy (non-hydrogen) atoms. The van der Waals surface area contributed by atoms with Crippen LogP contribution in [0, 0.1) is 0 Å². The number of ketones is 1. The summed E-state index contributed by atoms with van der Waals surface area (Å²) in [6.45, 7) is 0.593. The van der Waals surface area contributed by atoms with Gasteiger partial charge >= 0.3 is 0 Å². The maximum Gasteiger partial charge on any atom is 0.158 e. The van der Waals surface area contributed by atoms with Gasteiger partial charge in [0.15, 0.2) is 5.78 Å².